The highest BCUT2D eigenvalue weighted by Gasteiger charge is 2.37. The number of benzene rings is 2. The van der Waals surface area contributed by atoms with Crippen LogP contribution >= 0.6 is 0 Å². The van der Waals surface area contributed by atoms with Gasteiger partial charge in [0.1, 0.15) is 11.5 Å². The lowest BCUT2D eigenvalue weighted by Crippen LogP contribution is -2.32. The largest absolute Gasteiger partial charge is 0.478 e. The van der Waals surface area contributed by atoms with Crippen molar-refractivity contribution in [3.63, 3.8) is 0 Å². The summed E-state index contributed by atoms with van der Waals surface area (Å²) in [5.74, 6) is 0.308. The van der Waals surface area contributed by atoms with Gasteiger partial charge >= 0.3 is 5.97 Å². The van der Waals surface area contributed by atoms with Crippen molar-refractivity contribution < 1.29 is 19.1 Å². The second kappa shape index (κ2) is 7.19. The monoisotopic (exact) mass is 377 g/mol. The summed E-state index contributed by atoms with van der Waals surface area (Å²) in [7, 11) is 1.74. The number of nitrogens with zero attached hydrogens (tertiary/aromatic N) is 2. The van der Waals surface area contributed by atoms with E-state index in [0.29, 0.717) is 22.7 Å². The number of aromatic nitrogens is 2. The molecular formula is C21H19N3O4. The zero-order valence-electron chi connectivity index (χ0n) is 15.5. The van der Waals surface area contributed by atoms with Crippen molar-refractivity contribution in [1.29, 1.82) is 0 Å². The first-order valence-electron chi connectivity index (χ1n) is 8.88. The molecule has 0 bridgehead atoms. The Hall–Kier alpha value is -3.61. The van der Waals surface area contributed by atoms with E-state index in [2.05, 4.69) is 10.4 Å². The third kappa shape index (κ3) is 3.46. The van der Waals surface area contributed by atoms with Crippen molar-refractivity contribution in [2.24, 2.45) is 7.05 Å². The molecule has 0 unspecified atom stereocenters. The molecule has 2 heterocycles. The van der Waals surface area contributed by atoms with E-state index in [4.69, 9.17) is 9.47 Å². The van der Waals surface area contributed by atoms with Crippen molar-refractivity contribution in [1.82, 2.24) is 9.78 Å². The van der Waals surface area contributed by atoms with E-state index in [1.807, 2.05) is 31.2 Å². The molecule has 1 N–H and O–H groups in total. The smallest absolute Gasteiger partial charge is 0.353 e. The zero-order valence-corrected chi connectivity index (χ0v) is 15.5. The number of amides is 1. The number of esters is 1. The minimum absolute atomic E-state index is 0.0817. The van der Waals surface area contributed by atoms with Crippen LogP contribution in [0.4, 0.5) is 5.69 Å². The Labute approximate surface area is 161 Å². The van der Waals surface area contributed by atoms with Gasteiger partial charge in [-0.1, -0.05) is 25.1 Å². The summed E-state index contributed by atoms with van der Waals surface area (Å²) in [4.78, 5) is 24.7. The van der Waals surface area contributed by atoms with Gasteiger partial charge in [-0.15, -0.1) is 0 Å². The van der Waals surface area contributed by atoms with Crippen molar-refractivity contribution in [3.05, 3.63) is 72.1 Å². The number of rotatable bonds is 4. The zero-order chi connectivity index (χ0) is 19.7. The van der Waals surface area contributed by atoms with Gasteiger partial charge < -0.3 is 14.8 Å². The summed E-state index contributed by atoms with van der Waals surface area (Å²) in [5.41, 5.74) is 2.05. The second-order valence-electron chi connectivity index (χ2n) is 6.67. The molecule has 4 rings (SSSR count). The Morgan fingerprint density at radius 2 is 1.89 bits per heavy atom. The minimum atomic E-state index is -0.678. The molecule has 1 aliphatic rings. The Morgan fingerprint density at radius 3 is 2.57 bits per heavy atom. The number of nitrogens with one attached hydrogen (secondary N) is 1. The van der Waals surface area contributed by atoms with Crippen LogP contribution in [0.15, 0.2) is 60.9 Å². The number of carbonyl (C=O) groups excluding carboxylic acids is 2. The summed E-state index contributed by atoms with van der Waals surface area (Å²) < 4.78 is 12.8. The topological polar surface area (TPSA) is 82.4 Å². The molecule has 2 aromatic carbocycles. The molecule has 0 aliphatic carbocycles. The van der Waals surface area contributed by atoms with Gasteiger partial charge in [-0.25, -0.2) is 4.79 Å². The maximum absolute atomic E-state index is 12.5. The van der Waals surface area contributed by atoms with Gasteiger partial charge in [0.25, 0.3) is 5.91 Å². The first-order chi connectivity index (χ1) is 13.5. The van der Waals surface area contributed by atoms with Crippen LogP contribution in [0, 0.1) is 0 Å². The average molecular weight is 377 g/mol. The van der Waals surface area contributed by atoms with Gasteiger partial charge in [0.15, 0.2) is 0 Å². The third-order valence-electron chi connectivity index (χ3n) is 4.65. The fraction of sp³-hybridized carbons (Fsp3) is 0.190. The van der Waals surface area contributed by atoms with Crippen LogP contribution < -0.4 is 14.8 Å². The summed E-state index contributed by atoms with van der Waals surface area (Å²) in [6.07, 6.45) is 2.45. The van der Waals surface area contributed by atoms with E-state index in [0.717, 1.165) is 5.56 Å². The molecule has 7 heteroatoms. The van der Waals surface area contributed by atoms with Crippen LogP contribution in [-0.2, 0) is 11.8 Å². The van der Waals surface area contributed by atoms with Gasteiger partial charge in [0.2, 0.25) is 6.10 Å². The fourth-order valence-corrected chi connectivity index (χ4v) is 3.14. The van der Waals surface area contributed by atoms with Crippen molar-refractivity contribution in [3.8, 4) is 11.5 Å². The van der Waals surface area contributed by atoms with E-state index in [-0.39, 0.29) is 11.8 Å². The SMILES string of the molecule is C[C@H]1c2ccccc2O[C@H]1C(=O)Oc1ccc(NC(=O)c2cnn(C)c2)cc1. The molecule has 28 heavy (non-hydrogen) atoms. The van der Waals surface area contributed by atoms with Crippen LogP contribution in [0.3, 0.4) is 0 Å². The van der Waals surface area contributed by atoms with E-state index in [9.17, 15) is 9.59 Å². The Bertz CT molecular complexity index is 1030. The highest BCUT2D eigenvalue weighted by atomic mass is 16.6. The maximum Gasteiger partial charge on any atom is 0.353 e. The van der Waals surface area contributed by atoms with Crippen LogP contribution in [0.25, 0.3) is 0 Å². The molecule has 3 aromatic rings. The lowest BCUT2D eigenvalue weighted by Gasteiger charge is -2.14. The van der Waals surface area contributed by atoms with Crippen molar-refractivity contribution in [2.75, 3.05) is 5.32 Å². The molecule has 1 aliphatic heterocycles. The lowest BCUT2D eigenvalue weighted by atomic mass is 9.98. The van der Waals surface area contributed by atoms with Gasteiger partial charge in [-0.2, -0.15) is 5.10 Å². The first kappa shape index (κ1) is 17.8. The Balaban J connectivity index is 1.38. The van der Waals surface area contributed by atoms with Gasteiger partial charge in [-0.05, 0) is 30.3 Å². The highest BCUT2D eigenvalue weighted by molar-refractivity contribution is 6.03. The molecule has 1 aromatic heterocycles. The van der Waals surface area contributed by atoms with Gasteiger partial charge in [0, 0.05) is 30.4 Å². The summed E-state index contributed by atoms with van der Waals surface area (Å²) >= 11 is 0. The predicted molar refractivity (Wildman–Crippen MR) is 103 cm³/mol. The van der Waals surface area contributed by atoms with Crippen LogP contribution in [0.5, 0.6) is 11.5 Å². The number of fused-ring (bicyclic) bond motifs is 1. The third-order valence-corrected chi connectivity index (χ3v) is 4.65. The molecule has 0 fully saturated rings. The normalized spacial score (nSPS) is 17.5. The fourth-order valence-electron chi connectivity index (χ4n) is 3.14. The number of aryl methyl sites for hydroxylation is 1. The molecule has 7 nitrogen and oxygen atoms in total. The molecule has 1 amide bonds. The lowest BCUT2D eigenvalue weighted by molar-refractivity contribution is -0.142. The molecular weight excluding hydrogens is 358 g/mol. The van der Waals surface area contributed by atoms with Crippen molar-refractivity contribution in [2.45, 2.75) is 18.9 Å². The van der Waals surface area contributed by atoms with Gasteiger partial charge in [0.05, 0.1) is 11.8 Å². The van der Waals surface area contributed by atoms with E-state index in [1.54, 1.807) is 42.2 Å². The molecule has 142 valence electrons. The van der Waals surface area contributed by atoms with E-state index < -0.39 is 12.1 Å². The summed E-state index contributed by atoms with van der Waals surface area (Å²) in [5, 5.41) is 6.74. The van der Waals surface area contributed by atoms with E-state index in [1.165, 1.54) is 6.20 Å². The number of hydrogen-bond acceptors (Lipinski definition) is 5. The van der Waals surface area contributed by atoms with E-state index >= 15 is 0 Å². The molecule has 0 spiro atoms. The minimum Gasteiger partial charge on any atom is -0.478 e. The number of carbonyl (C=O) groups is 2. The molecule has 0 saturated heterocycles. The number of ether oxygens (including phenoxy) is 2. The highest BCUT2D eigenvalue weighted by Crippen LogP contribution is 2.38. The second-order valence-corrected chi connectivity index (χ2v) is 6.67. The Kier molecular flexibility index (Phi) is 4.57. The van der Waals surface area contributed by atoms with Crippen molar-refractivity contribution >= 4 is 17.6 Å². The first-order valence-corrected chi connectivity index (χ1v) is 8.88. The number of anilines is 1. The van der Waals surface area contributed by atoms with Crippen LogP contribution in [0.2, 0.25) is 0 Å². The summed E-state index contributed by atoms with van der Waals surface area (Å²) in [6, 6.07) is 14.2. The summed E-state index contributed by atoms with van der Waals surface area (Å²) in [6.45, 7) is 1.94. The maximum atomic E-state index is 12.5. The average Bonchev–Trinajstić information content (AvgIpc) is 3.27. The number of hydrogen-bond donors (Lipinski definition) is 1. The van der Waals surface area contributed by atoms with Crippen LogP contribution in [-0.4, -0.2) is 27.8 Å². The van der Waals surface area contributed by atoms with Crippen LogP contribution in [0.1, 0.15) is 28.8 Å². The predicted octanol–water partition coefficient (Wildman–Crippen LogP) is 3.14. The standard InChI is InChI=1S/C21H19N3O4/c1-13-17-5-3-4-6-18(17)28-19(13)21(26)27-16-9-7-15(8-10-16)23-20(25)14-11-22-24(2)12-14/h3-13,19H,1-2H3,(H,23,25)/t13-,19+/m0/s1. The molecule has 0 radical (unpaired) electrons. The van der Waals surface area contributed by atoms with Gasteiger partial charge in [-0.3, -0.25) is 9.48 Å². The molecule has 2 atom stereocenters. The molecule has 0 saturated carbocycles. The quantitative estimate of drug-likeness (QED) is 0.558. The Morgan fingerprint density at radius 1 is 1.14 bits per heavy atom. The number of para-hydroxylation sites is 1.